The molecule has 2 N–H and O–H groups in total. The summed E-state index contributed by atoms with van der Waals surface area (Å²) in [6.45, 7) is 11.6. The molecule has 0 bridgehead atoms. The molecule has 24 heavy (non-hydrogen) atoms. The van der Waals surface area contributed by atoms with Crippen LogP contribution in [0.4, 0.5) is 0 Å². The average Bonchev–Trinajstić information content (AvgIpc) is 2.60. The van der Waals surface area contributed by atoms with Crippen molar-refractivity contribution in [2.75, 3.05) is 39.5 Å². The first-order valence-electron chi connectivity index (χ1n) is 8.97. The summed E-state index contributed by atoms with van der Waals surface area (Å²) in [5, 5.41) is 6.60. The summed E-state index contributed by atoms with van der Waals surface area (Å²) in [6, 6.07) is 10.2. The molecule has 1 unspecified atom stereocenters. The Hall–Kier alpha value is -1.59. The molecular formula is C19H33N3O2. The molecule has 0 spiro atoms. The van der Waals surface area contributed by atoms with Gasteiger partial charge in [-0.3, -0.25) is 4.99 Å². The molecule has 1 rings (SSSR count). The van der Waals surface area contributed by atoms with Crippen molar-refractivity contribution in [3.63, 3.8) is 0 Å². The topological polar surface area (TPSA) is 54.9 Å². The van der Waals surface area contributed by atoms with Crippen LogP contribution < -0.4 is 10.6 Å². The molecule has 0 aromatic heterocycles. The first-order valence-corrected chi connectivity index (χ1v) is 8.97. The van der Waals surface area contributed by atoms with Crippen LogP contribution in [0.5, 0.6) is 0 Å². The molecule has 136 valence electrons. The van der Waals surface area contributed by atoms with E-state index in [-0.39, 0.29) is 0 Å². The second kappa shape index (κ2) is 13.8. The molecule has 0 saturated heterocycles. The van der Waals surface area contributed by atoms with Gasteiger partial charge in [-0.25, -0.2) is 0 Å². The van der Waals surface area contributed by atoms with Gasteiger partial charge in [-0.2, -0.15) is 0 Å². The molecule has 5 nitrogen and oxygen atoms in total. The highest BCUT2D eigenvalue weighted by molar-refractivity contribution is 5.79. The van der Waals surface area contributed by atoms with Gasteiger partial charge in [0.1, 0.15) is 0 Å². The van der Waals surface area contributed by atoms with Crippen molar-refractivity contribution in [2.24, 2.45) is 10.9 Å². The Bertz CT molecular complexity index is 437. The normalized spacial score (nSPS) is 12.9. The number of hydrogen-bond donors (Lipinski definition) is 2. The molecule has 0 aliphatic carbocycles. The van der Waals surface area contributed by atoms with Gasteiger partial charge in [0.25, 0.3) is 0 Å². The molecule has 0 saturated carbocycles. The second-order valence-corrected chi connectivity index (χ2v) is 5.80. The average molecular weight is 335 g/mol. The third-order valence-electron chi connectivity index (χ3n) is 3.38. The van der Waals surface area contributed by atoms with Gasteiger partial charge in [-0.15, -0.1) is 0 Å². The molecule has 5 heteroatoms. The minimum Gasteiger partial charge on any atom is -0.382 e. The fraction of sp³-hybridized carbons (Fsp3) is 0.632. The maximum atomic E-state index is 5.77. The number of guanidine groups is 1. The number of ether oxygens (including phenoxy) is 2. The number of nitrogens with zero attached hydrogens (tertiary/aromatic N) is 1. The predicted molar refractivity (Wildman–Crippen MR) is 100 cm³/mol. The molecule has 1 aromatic rings. The molecule has 0 aliphatic heterocycles. The molecular weight excluding hydrogens is 302 g/mol. The van der Waals surface area contributed by atoms with E-state index in [9.17, 15) is 0 Å². The van der Waals surface area contributed by atoms with E-state index in [2.05, 4.69) is 41.6 Å². The Balaban J connectivity index is 2.22. The van der Waals surface area contributed by atoms with Crippen LogP contribution >= 0.6 is 0 Å². The fourth-order valence-electron chi connectivity index (χ4n) is 2.12. The van der Waals surface area contributed by atoms with Gasteiger partial charge in [0.15, 0.2) is 5.96 Å². The summed E-state index contributed by atoms with van der Waals surface area (Å²) in [5.41, 5.74) is 1.21. The SMILES string of the molecule is CCNC(=NCC(C)COCc1ccccc1)NCCCOCC. The number of aliphatic imine (C=N–C) groups is 1. The van der Waals surface area contributed by atoms with Crippen LogP contribution in [0.25, 0.3) is 0 Å². The van der Waals surface area contributed by atoms with Crippen LogP contribution in [0.15, 0.2) is 35.3 Å². The number of nitrogens with one attached hydrogen (secondary N) is 2. The lowest BCUT2D eigenvalue weighted by atomic mass is 10.2. The Morgan fingerprint density at radius 2 is 1.92 bits per heavy atom. The van der Waals surface area contributed by atoms with E-state index in [1.807, 2.05) is 25.1 Å². The maximum Gasteiger partial charge on any atom is 0.191 e. The minimum atomic E-state index is 0.382. The second-order valence-electron chi connectivity index (χ2n) is 5.80. The summed E-state index contributed by atoms with van der Waals surface area (Å²) < 4.78 is 11.1. The van der Waals surface area contributed by atoms with E-state index in [0.717, 1.165) is 45.2 Å². The number of benzene rings is 1. The van der Waals surface area contributed by atoms with Gasteiger partial charge in [0.2, 0.25) is 0 Å². The van der Waals surface area contributed by atoms with E-state index in [1.54, 1.807) is 0 Å². The third kappa shape index (κ3) is 10.2. The predicted octanol–water partition coefficient (Wildman–Crippen LogP) is 2.82. The van der Waals surface area contributed by atoms with Gasteiger partial charge in [-0.05, 0) is 31.7 Å². The zero-order chi connectivity index (χ0) is 17.5. The van der Waals surface area contributed by atoms with Crippen molar-refractivity contribution in [3.8, 4) is 0 Å². The standard InChI is InChI=1S/C19H33N3O2/c1-4-20-19(21-12-9-13-23-5-2)22-14-17(3)15-24-16-18-10-7-6-8-11-18/h6-8,10-11,17H,4-5,9,12-16H2,1-3H3,(H2,20,21,22). The highest BCUT2D eigenvalue weighted by atomic mass is 16.5. The quantitative estimate of drug-likeness (QED) is 0.350. The summed E-state index contributed by atoms with van der Waals surface area (Å²) in [6.07, 6.45) is 0.980. The molecule has 0 aliphatic rings. The summed E-state index contributed by atoms with van der Waals surface area (Å²) in [5.74, 6) is 1.25. The van der Waals surface area contributed by atoms with E-state index >= 15 is 0 Å². The van der Waals surface area contributed by atoms with Crippen LogP contribution in [0.1, 0.15) is 32.8 Å². The van der Waals surface area contributed by atoms with E-state index in [1.165, 1.54) is 5.56 Å². The van der Waals surface area contributed by atoms with Crippen LogP contribution in [0, 0.1) is 5.92 Å². The lowest BCUT2D eigenvalue weighted by Crippen LogP contribution is -2.38. The Kier molecular flexibility index (Phi) is 11.8. The smallest absolute Gasteiger partial charge is 0.191 e. The van der Waals surface area contributed by atoms with Crippen molar-refractivity contribution >= 4 is 5.96 Å². The largest absolute Gasteiger partial charge is 0.382 e. The van der Waals surface area contributed by atoms with E-state index < -0.39 is 0 Å². The maximum absolute atomic E-state index is 5.77. The highest BCUT2D eigenvalue weighted by Gasteiger charge is 2.03. The van der Waals surface area contributed by atoms with Crippen LogP contribution in [-0.4, -0.2) is 45.4 Å². The van der Waals surface area contributed by atoms with Crippen molar-refractivity contribution in [1.82, 2.24) is 10.6 Å². The molecule has 1 aromatic carbocycles. The Morgan fingerprint density at radius 1 is 1.12 bits per heavy atom. The van der Waals surface area contributed by atoms with Crippen LogP contribution in [0.3, 0.4) is 0 Å². The van der Waals surface area contributed by atoms with Crippen LogP contribution in [0.2, 0.25) is 0 Å². The van der Waals surface area contributed by atoms with Crippen molar-refractivity contribution in [1.29, 1.82) is 0 Å². The van der Waals surface area contributed by atoms with Crippen molar-refractivity contribution < 1.29 is 9.47 Å². The lowest BCUT2D eigenvalue weighted by Gasteiger charge is -2.14. The van der Waals surface area contributed by atoms with Gasteiger partial charge >= 0.3 is 0 Å². The third-order valence-corrected chi connectivity index (χ3v) is 3.38. The monoisotopic (exact) mass is 335 g/mol. The minimum absolute atomic E-state index is 0.382. The summed E-state index contributed by atoms with van der Waals surface area (Å²) in [7, 11) is 0. The molecule has 1 atom stereocenters. The van der Waals surface area contributed by atoms with E-state index in [0.29, 0.717) is 19.1 Å². The number of hydrogen-bond acceptors (Lipinski definition) is 3. The summed E-state index contributed by atoms with van der Waals surface area (Å²) in [4.78, 5) is 4.63. The summed E-state index contributed by atoms with van der Waals surface area (Å²) >= 11 is 0. The van der Waals surface area contributed by atoms with Gasteiger partial charge in [0.05, 0.1) is 13.2 Å². The van der Waals surface area contributed by atoms with Crippen LogP contribution in [-0.2, 0) is 16.1 Å². The van der Waals surface area contributed by atoms with Crippen molar-refractivity contribution in [3.05, 3.63) is 35.9 Å². The first-order chi connectivity index (χ1) is 11.8. The zero-order valence-corrected chi connectivity index (χ0v) is 15.4. The molecule has 0 radical (unpaired) electrons. The van der Waals surface area contributed by atoms with Crippen molar-refractivity contribution in [2.45, 2.75) is 33.8 Å². The lowest BCUT2D eigenvalue weighted by molar-refractivity contribution is 0.0945. The molecule has 0 amide bonds. The Morgan fingerprint density at radius 3 is 2.62 bits per heavy atom. The van der Waals surface area contributed by atoms with E-state index in [4.69, 9.17) is 9.47 Å². The first kappa shape index (κ1) is 20.5. The van der Waals surface area contributed by atoms with Gasteiger partial charge in [-0.1, -0.05) is 37.3 Å². The highest BCUT2D eigenvalue weighted by Crippen LogP contribution is 2.03. The fourth-order valence-corrected chi connectivity index (χ4v) is 2.12. The Labute approximate surface area is 146 Å². The van der Waals surface area contributed by atoms with Gasteiger partial charge < -0.3 is 20.1 Å². The number of rotatable bonds is 12. The van der Waals surface area contributed by atoms with Gasteiger partial charge in [0, 0.05) is 32.8 Å². The molecule has 0 heterocycles. The molecule has 0 fully saturated rings. The zero-order valence-electron chi connectivity index (χ0n) is 15.4.